The largest absolute Gasteiger partial charge is 0.396 e. The number of halogens is 1. The van der Waals surface area contributed by atoms with E-state index in [1.165, 1.54) is 12.8 Å². The summed E-state index contributed by atoms with van der Waals surface area (Å²) in [7, 11) is 0. The second kappa shape index (κ2) is 5.22. The Hall–Kier alpha value is -0.930. The highest BCUT2D eigenvalue weighted by atomic mass is 19.1. The van der Waals surface area contributed by atoms with E-state index in [4.69, 9.17) is 5.11 Å². The number of nitrogens with one attached hydrogen (secondary N) is 1. The average molecular weight is 263 g/mol. The number of aliphatic hydroxyl groups excluding tert-OH is 1. The highest BCUT2D eigenvalue weighted by molar-refractivity contribution is 5.24. The Labute approximate surface area is 114 Å². The molecule has 0 aliphatic heterocycles. The molecule has 0 saturated heterocycles. The van der Waals surface area contributed by atoms with E-state index in [1.54, 1.807) is 12.1 Å². The minimum Gasteiger partial charge on any atom is -0.396 e. The number of benzene rings is 1. The molecule has 0 atom stereocenters. The first-order chi connectivity index (χ1) is 9.22. The molecular weight excluding hydrogens is 241 g/mol. The summed E-state index contributed by atoms with van der Waals surface area (Å²) in [6.45, 7) is 1.31. The minimum absolute atomic E-state index is 0.0649. The molecular formula is C16H22FNO. The van der Waals surface area contributed by atoms with E-state index in [9.17, 15) is 4.39 Å². The standard InChI is InChI=1S/C16H22FNO/c17-15-4-2-1-3-14(15)12-9-13(10-12)18-11-16(5-6-16)7-8-19/h1-4,12-13,18-19H,5-11H2. The molecule has 2 N–H and O–H groups in total. The fourth-order valence-electron chi connectivity index (χ4n) is 3.13. The summed E-state index contributed by atoms with van der Waals surface area (Å²) in [5.74, 6) is 0.316. The highest BCUT2D eigenvalue weighted by Crippen LogP contribution is 2.48. The maximum absolute atomic E-state index is 13.6. The topological polar surface area (TPSA) is 32.3 Å². The van der Waals surface area contributed by atoms with Gasteiger partial charge in [-0.3, -0.25) is 0 Å². The summed E-state index contributed by atoms with van der Waals surface area (Å²) >= 11 is 0. The lowest BCUT2D eigenvalue weighted by molar-refractivity contribution is 0.223. The maximum atomic E-state index is 13.6. The van der Waals surface area contributed by atoms with Gasteiger partial charge in [0.15, 0.2) is 0 Å². The SMILES string of the molecule is OCCC1(CNC2CC(c3ccccc3F)C2)CC1. The summed E-state index contributed by atoms with van der Waals surface area (Å²) < 4.78 is 13.6. The van der Waals surface area contributed by atoms with Crippen LogP contribution in [0.1, 0.15) is 43.6 Å². The normalized spacial score (nSPS) is 27.9. The molecule has 0 amide bonds. The molecule has 2 aliphatic rings. The van der Waals surface area contributed by atoms with E-state index in [1.807, 2.05) is 12.1 Å². The molecule has 0 unspecified atom stereocenters. The van der Waals surface area contributed by atoms with Crippen molar-refractivity contribution in [2.45, 2.75) is 44.1 Å². The molecule has 2 nitrogen and oxygen atoms in total. The molecule has 2 saturated carbocycles. The van der Waals surface area contributed by atoms with E-state index < -0.39 is 0 Å². The van der Waals surface area contributed by atoms with Crippen LogP contribution in [-0.2, 0) is 0 Å². The van der Waals surface area contributed by atoms with Crippen LogP contribution in [-0.4, -0.2) is 24.3 Å². The molecule has 19 heavy (non-hydrogen) atoms. The molecule has 104 valence electrons. The Kier molecular flexibility index (Phi) is 3.59. The van der Waals surface area contributed by atoms with Crippen LogP contribution in [0, 0.1) is 11.2 Å². The number of aliphatic hydroxyl groups is 1. The van der Waals surface area contributed by atoms with Crippen LogP contribution >= 0.6 is 0 Å². The predicted molar refractivity (Wildman–Crippen MR) is 73.5 cm³/mol. The van der Waals surface area contributed by atoms with Gasteiger partial charge in [0.2, 0.25) is 0 Å². The van der Waals surface area contributed by atoms with Gasteiger partial charge in [-0.2, -0.15) is 0 Å². The van der Waals surface area contributed by atoms with Gasteiger partial charge >= 0.3 is 0 Å². The molecule has 0 radical (unpaired) electrons. The third-order valence-corrected chi connectivity index (χ3v) is 4.85. The summed E-state index contributed by atoms with van der Waals surface area (Å²) in [5.41, 5.74) is 1.25. The molecule has 0 bridgehead atoms. The fourth-order valence-corrected chi connectivity index (χ4v) is 3.13. The smallest absolute Gasteiger partial charge is 0.126 e. The zero-order valence-electron chi connectivity index (χ0n) is 11.2. The van der Waals surface area contributed by atoms with Gasteiger partial charge in [0, 0.05) is 19.2 Å². The molecule has 0 heterocycles. The summed E-state index contributed by atoms with van der Waals surface area (Å²) in [6, 6.07) is 7.65. The molecule has 3 rings (SSSR count). The molecule has 1 aromatic carbocycles. The monoisotopic (exact) mass is 263 g/mol. The molecule has 0 aromatic heterocycles. The Morgan fingerprint density at radius 3 is 2.63 bits per heavy atom. The maximum Gasteiger partial charge on any atom is 0.126 e. The van der Waals surface area contributed by atoms with Gasteiger partial charge < -0.3 is 10.4 Å². The van der Waals surface area contributed by atoms with Gasteiger partial charge in [-0.15, -0.1) is 0 Å². The van der Waals surface area contributed by atoms with Crippen molar-refractivity contribution in [2.75, 3.05) is 13.2 Å². The van der Waals surface area contributed by atoms with Crippen LogP contribution in [0.5, 0.6) is 0 Å². The van der Waals surface area contributed by atoms with Crippen molar-refractivity contribution >= 4 is 0 Å². The van der Waals surface area contributed by atoms with E-state index in [2.05, 4.69) is 5.32 Å². The van der Waals surface area contributed by atoms with Crippen LogP contribution in [0.3, 0.4) is 0 Å². The summed E-state index contributed by atoms with van der Waals surface area (Å²) in [6.07, 6.45) is 5.48. The molecule has 3 heteroatoms. The van der Waals surface area contributed by atoms with E-state index in [0.29, 0.717) is 24.0 Å². The van der Waals surface area contributed by atoms with Crippen LogP contribution < -0.4 is 5.32 Å². The molecule has 1 aromatic rings. The van der Waals surface area contributed by atoms with Gasteiger partial charge in [0.25, 0.3) is 0 Å². The number of hydrogen-bond donors (Lipinski definition) is 2. The fraction of sp³-hybridized carbons (Fsp3) is 0.625. The lowest BCUT2D eigenvalue weighted by Crippen LogP contribution is -2.43. The highest BCUT2D eigenvalue weighted by Gasteiger charge is 2.42. The lowest BCUT2D eigenvalue weighted by Gasteiger charge is -2.37. The second-order valence-electron chi connectivity index (χ2n) is 6.24. The number of rotatable bonds is 6. The molecule has 2 aliphatic carbocycles. The zero-order valence-corrected chi connectivity index (χ0v) is 11.2. The van der Waals surface area contributed by atoms with E-state index in [-0.39, 0.29) is 5.82 Å². The first-order valence-electron chi connectivity index (χ1n) is 7.31. The first kappa shape index (κ1) is 13.1. The number of hydrogen-bond acceptors (Lipinski definition) is 2. The Morgan fingerprint density at radius 1 is 1.26 bits per heavy atom. The van der Waals surface area contributed by atoms with Crippen LogP contribution in [0.15, 0.2) is 24.3 Å². The third-order valence-electron chi connectivity index (χ3n) is 4.85. The summed E-state index contributed by atoms with van der Waals surface area (Å²) in [5, 5.41) is 12.6. The summed E-state index contributed by atoms with van der Waals surface area (Å²) in [4.78, 5) is 0. The predicted octanol–water partition coefficient (Wildman–Crippen LogP) is 2.82. The van der Waals surface area contributed by atoms with Gasteiger partial charge in [-0.25, -0.2) is 4.39 Å². The first-order valence-corrected chi connectivity index (χ1v) is 7.31. The van der Waals surface area contributed by atoms with Gasteiger partial charge in [-0.05, 0) is 55.1 Å². The van der Waals surface area contributed by atoms with Crippen molar-refractivity contribution in [3.63, 3.8) is 0 Å². The van der Waals surface area contributed by atoms with Gasteiger partial charge in [0.05, 0.1) is 0 Å². The Balaban J connectivity index is 1.45. The van der Waals surface area contributed by atoms with Crippen molar-refractivity contribution in [1.29, 1.82) is 0 Å². The van der Waals surface area contributed by atoms with Crippen molar-refractivity contribution in [2.24, 2.45) is 5.41 Å². The Morgan fingerprint density at radius 2 is 2.00 bits per heavy atom. The second-order valence-corrected chi connectivity index (χ2v) is 6.24. The van der Waals surface area contributed by atoms with Crippen molar-refractivity contribution in [1.82, 2.24) is 5.32 Å². The van der Waals surface area contributed by atoms with E-state index >= 15 is 0 Å². The van der Waals surface area contributed by atoms with Crippen LogP contribution in [0.25, 0.3) is 0 Å². The quantitative estimate of drug-likeness (QED) is 0.827. The lowest BCUT2D eigenvalue weighted by atomic mass is 9.75. The van der Waals surface area contributed by atoms with Crippen molar-refractivity contribution in [3.05, 3.63) is 35.6 Å². The zero-order chi connectivity index (χ0) is 13.3. The van der Waals surface area contributed by atoms with Crippen molar-refractivity contribution < 1.29 is 9.50 Å². The average Bonchev–Trinajstić information content (AvgIpc) is 3.10. The minimum atomic E-state index is -0.0649. The molecule has 2 fully saturated rings. The third kappa shape index (κ3) is 2.82. The Bertz CT molecular complexity index is 438. The van der Waals surface area contributed by atoms with Gasteiger partial charge in [-0.1, -0.05) is 18.2 Å². The van der Waals surface area contributed by atoms with E-state index in [0.717, 1.165) is 31.4 Å². The van der Waals surface area contributed by atoms with Gasteiger partial charge in [0.1, 0.15) is 5.82 Å². The van der Waals surface area contributed by atoms with Crippen LogP contribution in [0.4, 0.5) is 4.39 Å². The van der Waals surface area contributed by atoms with Crippen LogP contribution in [0.2, 0.25) is 0 Å². The van der Waals surface area contributed by atoms with Crippen molar-refractivity contribution in [3.8, 4) is 0 Å². The molecule has 0 spiro atoms.